The molecule has 1 aromatic rings. The van der Waals surface area contributed by atoms with Gasteiger partial charge in [-0.2, -0.15) is 4.31 Å². The molecule has 1 heterocycles. The summed E-state index contributed by atoms with van der Waals surface area (Å²) >= 11 is 0. The number of nitrogens with one attached hydrogen (secondary N) is 1. The summed E-state index contributed by atoms with van der Waals surface area (Å²) in [6.07, 6.45) is 0.180. The number of amides is 2. The van der Waals surface area contributed by atoms with Crippen molar-refractivity contribution in [3.63, 3.8) is 0 Å². The van der Waals surface area contributed by atoms with Gasteiger partial charge in [-0.3, -0.25) is 9.59 Å². The highest BCUT2D eigenvalue weighted by Gasteiger charge is 2.31. The number of primary amides is 1. The summed E-state index contributed by atoms with van der Waals surface area (Å²) in [6.45, 7) is 2.14. The maximum atomic E-state index is 12.7. The predicted molar refractivity (Wildman–Crippen MR) is 91.3 cm³/mol. The number of benzene rings is 1. The zero-order valence-electron chi connectivity index (χ0n) is 14.3. The Hall–Kier alpha value is -2.13. The third-order valence-electron chi connectivity index (χ3n) is 4.25. The Balaban J connectivity index is 2.05. The lowest BCUT2D eigenvalue weighted by molar-refractivity contribution is -0.126. The van der Waals surface area contributed by atoms with Gasteiger partial charge in [0.1, 0.15) is 5.75 Å². The lowest BCUT2D eigenvalue weighted by Crippen LogP contribution is -2.41. The molecule has 1 aromatic carbocycles. The molecular weight excluding hydrogens is 346 g/mol. The molecule has 0 unspecified atom stereocenters. The molecule has 9 heteroatoms. The van der Waals surface area contributed by atoms with Crippen LogP contribution < -0.4 is 15.8 Å². The second kappa shape index (κ2) is 7.83. The third kappa shape index (κ3) is 4.49. The number of carbonyl (C=O) groups excluding carboxylic acids is 2. The SMILES string of the molecule is CNC(=O)[C@H](C)Oc1ccc(S(=O)(=O)N2CCC(C(N)=O)CC2)cc1. The van der Waals surface area contributed by atoms with Crippen LogP contribution in [0.4, 0.5) is 0 Å². The van der Waals surface area contributed by atoms with Gasteiger partial charge in [-0.1, -0.05) is 0 Å². The summed E-state index contributed by atoms with van der Waals surface area (Å²) in [5.74, 6) is -0.520. The van der Waals surface area contributed by atoms with Crippen LogP contribution in [0.2, 0.25) is 0 Å². The van der Waals surface area contributed by atoms with Crippen LogP contribution in [0.15, 0.2) is 29.2 Å². The zero-order chi connectivity index (χ0) is 18.6. The lowest BCUT2D eigenvalue weighted by Gasteiger charge is -2.29. The zero-order valence-corrected chi connectivity index (χ0v) is 15.1. The molecule has 0 saturated carbocycles. The van der Waals surface area contributed by atoms with Gasteiger partial charge in [0.2, 0.25) is 15.9 Å². The molecule has 1 aliphatic heterocycles. The van der Waals surface area contributed by atoms with Gasteiger partial charge in [-0.15, -0.1) is 0 Å². The van der Waals surface area contributed by atoms with Crippen LogP contribution >= 0.6 is 0 Å². The van der Waals surface area contributed by atoms with Gasteiger partial charge in [-0.05, 0) is 44.0 Å². The summed E-state index contributed by atoms with van der Waals surface area (Å²) < 4.78 is 32.1. The topological polar surface area (TPSA) is 119 Å². The molecule has 1 atom stereocenters. The van der Waals surface area contributed by atoms with Gasteiger partial charge in [-0.25, -0.2) is 8.42 Å². The number of piperidine rings is 1. The number of rotatable bonds is 6. The first-order chi connectivity index (χ1) is 11.8. The molecule has 1 saturated heterocycles. The van der Waals surface area contributed by atoms with Gasteiger partial charge in [0.15, 0.2) is 6.10 Å². The maximum absolute atomic E-state index is 12.7. The van der Waals surface area contributed by atoms with Crippen molar-refractivity contribution < 1.29 is 22.7 Å². The minimum absolute atomic E-state index is 0.143. The van der Waals surface area contributed by atoms with Crippen LogP contribution in [-0.4, -0.2) is 50.8 Å². The minimum Gasteiger partial charge on any atom is -0.481 e. The summed E-state index contributed by atoms with van der Waals surface area (Å²) in [6, 6.07) is 5.92. The van der Waals surface area contributed by atoms with E-state index in [0.29, 0.717) is 18.6 Å². The first-order valence-corrected chi connectivity index (χ1v) is 9.47. The molecule has 25 heavy (non-hydrogen) atoms. The summed E-state index contributed by atoms with van der Waals surface area (Å²) in [5.41, 5.74) is 5.27. The standard InChI is InChI=1S/C16H23N3O5S/c1-11(16(21)18-2)24-13-3-5-14(6-4-13)25(22,23)19-9-7-12(8-10-19)15(17)20/h3-6,11-12H,7-10H2,1-2H3,(H2,17,20)(H,18,21)/t11-/m0/s1. The van der Waals surface area contributed by atoms with Gasteiger partial charge < -0.3 is 15.8 Å². The summed E-state index contributed by atoms with van der Waals surface area (Å²) in [4.78, 5) is 22.8. The number of likely N-dealkylation sites (N-methyl/N-ethyl adjacent to an activating group) is 1. The van der Waals surface area contributed by atoms with E-state index in [2.05, 4.69) is 5.32 Å². The van der Waals surface area contributed by atoms with E-state index in [1.165, 1.54) is 35.6 Å². The Morgan fingerprint density at radius 3 is 2.28 bits per heavy atom. The summed E-state index contributed by atoms with van der Waals surface area (Å²) in [5, 5.41) is 2.48. The first-order valence-electron chi connectivity index (χ1n) is 8.03. The Labute approximate surface area is 147 Å². The molecule has 0 bridgehead atoms. The van der Waals surface area contributed by atoms with E-state index in [0.717, 1.165) is 0 Å². The number of sulfonamides is 1. The van der Waals surface area contributed by atoms with Crippen molar-refractivity contribution in [3.05, 3.63) is 24.3 Å². The number of hydrogen-bond acceptors (Lipinski definition) is 5. The van der Waals surface area contributed by atoms with E-state index in [1.807, 2.05) is 0 Å². The van der Waals surface area contributed by atoms with Crippen LogP contribution in [0.3, 0.4) is 0 Å². The highest BCUT2D eigenvalue weighted by molar-refractivity contribution is 7.89. The Morgan fingerprint density at radius 2 is 1.80 bits per heavy atom. The fourth-order valence-electron chi connectivity index (χ4n) is 2.68. The van der Waals surface area contributed by atoms with E-state index in [-0.39, 0.29) is 35.7 Å². The van der Waals surface area contributed by atoms with Crippen molar-refractivity contribution in [2.75, 3.05) is 20.1 Å². The minimum atomic E-state index is -3.63. The van der Waals surface area contributed by atoms with Crippen molar-refractivity contribution in [1.82, 2.24) is 9.62 Å². The van der Waals surface area contributed by atoms with E-state index in [9.17, 15) is 18.0 Å². The van der Waals surface area contributed by atoms with Crippen molar-refractivity contribution >= 4 is 21.8 Å². The van der Waals surface area contributed by atoms with E-state index >= 15 is 0 Å². The Morgan fingerprint density at radius 1 is 1.24 bits per heavy atom. The van der Waals surface area contributed by atoms with Crippen LogP contribution in [-0.2, 0) is 19.6 Å². The van der Waals surface area contributed by atoms with Gasteiger partial charge in [0.25, 0.3) is 5.91 Å². The second-order valence-electron chi connectivity index (χ2n) is 5.93. The Kier molecular flexibility index (Phi) is 6.02. The van der Waals surface area contributed by atoms with E-state index in [4.69, 9.17) is 10.5 Å². The van der Waals surface area contributed by atoms with E-state index in [1.54, 1.807) is 6.92 Å². The van der Waals surface area contributed by atoms with Crippen LogP contribution in [0.25, 0.3) is 0 Å². The molecule has 1 fully saturated rings. The van der Waals surface area contributed by atoms with Crippen LogP contribution in [0, 0.1) is 5.92 Å². The quantitative estimate of drug-likeness (QED) is 0.736. The third-order valence-corrected chi connectivity index (χ3v) is 6.16. The van der Waals surface area contributed by atoms with Crippen molar-refractivity contribution in [2.45, 2.75) is 30.8 Å². The highest BCUT2D eigenvalue weighted by atomic mass is 32.2. The molecule has 2 rings (SSSR count). The first kappa shape index (κ1) is 19.2. The maximum Gasteiger partial charge on any atom is 0.260 e. The van der Waals surface area contributed by atoms with Gasteiger partial charge in [0, 0.05) is 26.1 Å². The number of carbonyl (C=O) groups is 2. The molecule has 138 valence electrons. The molecule has 1 aliphatic rings. The van der Waals surface area contributed by atoms with E-state index < -0.39 is 16.1 Å². The molecule has 3 N–H and O–H groups in total. The summed E-state index contributed by atoms with van der Waals surface area (Å²) in [7, 11) is -2.12. The molecule has 8 nitrogen and oxygen atoms in total. The van der Waals surface area contributed by atoms with Crippen LogP contribution in [0.5, 0.6) is 5.75 Å². The van der Waals surface area contributed by atoms with Crippen molar-refractivity contribution in [2.24, 2.45) is 11.7 Å². The monoisotopic (exact) mass is 369 g/mol. The number of nitrogens with zero attached hydrogens (tertiary/aromatic N) is 1. The molecule has 0 aromatic heterocycles. The number of nitrogens with two attached hydrogens (primary N) is 1. The molecule has 0 aliphatic carbocycles. The Bertz CT molecular complexity index is 725. The fraction of sp³-hybridized carbons (Fsp3) is 0.500. The molecule has 0 radical (unpaired) electrons. The smallest absolute Gasteiger partial charge is 0.260 e. The molecule has 2 amide bonds. The predicted octanol–water partition coefficient (Wildman–Crippen LogP) is 0.0859. The normalized spacial score (nSPS) is 17.7. The average Bonchev–Trinajstić information content (AvgIpc) is 2.61. The lowest BCUT2D eigenvalue weighted by atomic mass is 9.98. The number of hydrogen-bond donors (Lipinski definition) is 2. The van der Waals surface area contributed by atoms with Crippen molar-refractivity contribution in [3.8, 4) is 5.75 Å². The van der Waals surface area contributed by atoms with Gasteiger partial charge >= 0.3 is 0 Å². The van der Waals surface area contributed by atoms with Crippen LogP contribution in [0.1, 0.15) is 19.8 Å². The van der Waals surface area contributed by atoms with Gasteiger partial charge in [0.05, 0.1) is 4.90 Å². The fourth-order valence-corrected chi connectivity index (χ4v) is 4.15. The number of ether oxygens (including phenoxy) is 1. The molecule has 0 spiro atoms. The second-order valence-corrected chi connectivity index (χ2v) is 7.86. The highest BCUT2D eigenvalue weighted by Crippen LogP contribution is 2.25. The van der Waals surface area contributed by atoms with Crippen molar-refractivity contribution in [1.29, 1.82) is 0 Å². The largest absolute Gasteiger partial charge is 0.481 e. The molecular formula is C16H23N3O5S. The average molecular weight is 369 g/mol.